The van der Waals surface area contributed by atoms with Crippen LogP contribution in [0.15, 0.2) is 41.0 Å². The molecule has 2 rings (SSSR count). The highest BCUT2D eigenvalue weighted by Crippen LogP contribution is 2.17. The van der Waals surface area contributed by atoms with E-state index in [2.05, 4.69) is 20.9 Å². The van der Waals surface area contributed by atoms with Crippen molar-refractivity contribution >= 4 is 15.9 Å². The van der Waals surface area contributed by atoms with Crippen molar-refractivity contribution in [1.29, 1.82) is 0 Å². The maximum Gasteiger partial charge on any atom is 0.213 e. The Morgan fingerprint density at radius 2 is 2.00 bits per heavy atom. The number of rotatable bonds is 3. The Morgan fingerprint density at radius 1 is 1.18 bits per heavy atom. The molecule has 1 aromatic carbocycles. The number of halogens is 3. The second-order valence-electron chi connectivity index (χ2n) is 3.38. The zero-order valence-electron chi connectivity index (χ0n) is 8.66. The summed E-state index contributed by atoms with van der Waals surface area (Å²) in [4.78, 5) is 3.45. The first kappa shape index (κ1) is 12.0. The molecule has 17 heavy (non-hydrogen) atoms. The minimum Gasteiger partial charge on any atom is -0.487 e. The van der Waals surface area contributed by atoms with Gasteiger partial charge in [0, 0.05) is 4.47 Å². The van der Waals surface area contributed by atoms with Crippen LogP contribution in [0.3, 0.4) is 0 Å². The van der Waals surface area contributed by atoms with Crippen molar-refractivity contribution in [2.75, 3.05) is 0 Å². The van der Waals surface area contributed by atoms with Gasteiger partial charge in [0.2, 0.25) is 5.95 Å². The molecule has 0 bridgehead atoms. The van der Waals surface area contributed by atoms with Crippen LogP contribution in [-0.2, 0) is 6.61 Å². The number of hydrogen-bond donors (Lipinski definition) is 0. The van der Waals surface area contributed by atoms with Gasteiger partial charge in [0.15, 0.2) is 0 Å². The van der Waals surface area contributed by atoms with Crippen molar-refractivity contribution in [3.8, 4) is 5.75 Å². The van der Waals surface area contributed by atoms with E-state index in [1.165, 1.54) is 30.5 Å². The summed E-state index contributed by atoms with van der Waals surface area (Å²) in [6, 6.07) is 7.16. The molecule has 0 fully saturated rings. The van der Waals surface area contributed by atoms with Crippen LogP contribution in [0.5, 0.6) is 5.75 Å². The molecule has 5 heteroatoms. The zero-order valence-corrected chi connectivity index (χ0v) is 10.2. The summed E-state index contributed by atoms with van der Waals surface area (Å²) >= 11 is 3.19. The maximum absolute atomic E-state index is 13.1. The maximum atomic E-state index is 13.1. The van der Waals surface area contributed by atoms with Gasteiger partial charge >= 0.3 is 0 Å². The van der Waals surface area contributed by atoms with Gasteiger partial charge < -0.3 is 4.74 Å². The summed E-state index contributed by atoms with van der Waals surface area (Å²) in [7, 11) is 0. The lowest BCUT2D eigenvalue weighted by atomic mass is 10.2. The van der Waals surface area contributed by atoms with E-state index in [0.29, 0.717) is 15.8 Å². The van der Waals surface area contributed by atoms with E-state index < -0.39 is 5.95 Å². The highest BCUT2D eigenvalue weighted by atomic mass is 79.9. The molecule has 88 valence electrons. The molecule has 0 saturated heterocycles. The van der Waals surface area contributed by atoms with Crippen molar-refractivity contribution < 1.29 is 13.5 Å². The van der Waals surface area contributed by atoms with Crippen LogP contribution in [0.2, 0.25) is 0 Å². The van der Waals surface area contributed by atoms with E-state index in [1.54, 1.807) is 6.07 Å². The molecule has 2 aromatic rings. The number of benzene rings is 1. The van der Waals surface area contributed by atoms with Crippen LogP contribution in [0.1, 0.15) is 5.56 Å². The molecular weight excluding hydrogens is 292 g/mol. The second kappa shape index (κ2) is 5.23. The summed E-state index contributed by atoms with van der Waals surface area (Å²) in [5.41, 5.74) is 0.682. The third-order valence-corrected chi connectivity index (χ3v) is 2.49. The topological polar surface area (TPSA) is 22.1 Å². The molecule has 0 saturated carbocycles. The van der Waals surface area contributed by atoms with Crippen molar-refractivity contribution in [3.63, 3.8) is 0 Å². The Bertz CT molecular complexity index is 496. The zero-order chi connectivity index (χ0) is 12.3. The fourth-order valence-corrected chi connectivity index (χ4v) is 1.82. The minimum atomic E-state index is -0.564. The van der Waals surface area contributed by atoms with E-state index in [-0.39, 0.29) is 12.4 Å². The predicted octanol–water partition coefficient (Wildman–Crippen LogP) is 3.70. The van der Waals surface area contributed by atoms with Gasteiger partial charge in [-0.1, -0.05) is 15.9 Å². The molecule has 0 amide bonds. The smallest absolute Gasteiger partial charge is 0.213 e. The fraction of sp³-hybridized carbons (Fsp3) is 0.0833. The van der Waals surface area contributed by atoms with Crippen molar-refractivity contribution in [3.05, 3.63) is 58.3 Å². The summed E-state index contributed by atoms with van der Waals surface area (Å²) < 4.78 is 31.6. The molecule has 0 aliphatic heterocycles. The first-order valence-corrected chi connectivity index (χ1v) is 5.62. The van der Waals surface area contributed by atoms with Gasteiger partial charge in [-0.15, -0.1) is 0 Å². The Kier molecular flexibility index (Phi) is 3.68. The van der Waals surface area contributed by atoms with Gasteiger partial charge in [0.25, 0.3) is 0 Å². The highest BCUT2D eigenvalue weighted by molar-refractivity contribution is 9.10. The molecule has 0 radical (unpaired) electrons. The van der Waals surface area contributed by atoms with Gasteiger partial charge in [-0.25, -0.2) is 9.37 Å². The molecule has 0 N–H and O–H groups in total. The molecule has 2 nitrogen and oxygen atoms in total. The summed E-state index contributed by atoms with van der Waals surface area (Å²) in [6.07, 6.45) is 1.28. The van der Waals surface area contributed by atoms with Gasteiger partial charge in [-0.2, -0.15) is 4.39 Å². The van der Waals surface area contributed by atoms with Crippen LogP contribution < -0.4 is 4.74 Å². The third-order valence-electron chi connectivity index (χ3n) is 2.03. The van der Waals surface area contributed by atoms with Crippen LogP contribution in [0.25, 0.3) is 0 Å². The molecule has 1 heterocycles. The van der Waals surface area contributed by atoms with Crippen molar-refractivity contribution in [2.24, 2.45) is 0 Å². The average Bonchev–Trinajstić information content (AvgIpc) is 2.27. The molecule has 0 spiro atoms. The van der Waals surface area contributed by atoms with Gasteiger partial charge in [-0.3, -0.25) is 0 Å². The Hall–Kier alpha value is -1.49. The third kappa shape index (κ3) is 3.49. The van der Waals surface area contributed by atoms with E-state index in [1.807, 2.05) is 0 Å². The number of ether oxygens (including phenoxy) is 1. The van der Waals surface area contributed by atoms with E-state index in [4.69, 9.17) is 4.74 Å². The Morgan fingerprint density at radius 3 is 2.65 bits per heavy atom. The Balaban J connectivity index is 2.04. The van der Waals surface area contributed by atoms with E-state index >= 15 is 0 Å². The Labute approximate surface area is 105 Å². The second-order valence-corrected chi connectivity index (χ2v) is 4.30. The summed E-state index contributed by atoms with van der Waals surface area (Å²) in [6.45, 7) is 0.198. The molecule has 0 atom stereocenters. The van der Waals surface area contributed by atoms with Gasteiger partial charge in [0.1, 0.15) is 18.2 Å². The number of hydrogen-bond acceptors (Lipinski definition) is 2. The average molecular weight is 300 g/mol. The molecular formula is C12H8BrF2NO. The standard InChI is InChI=1S/C12H8BrF2NO/c13-9-3-8(4-10(14)5-9)7-17-11-1-2-12(15)16-6-11/h1-6H,7H2. The summed E-state index contributed by atoms with van der Waals surface area (Å²) in [5, 5.41) is 0. The lowest BCUT2D eigenvalue weighted by molar-refractivity contribution is 0.303. The number of nitrogens with zero attached hydrogens (tertiary/aromatic N) is 1. The molecule has 0 unspecified atom stereocenters. The van der Waals surface area contributed by atoms with E-state index in [0.717, 1.165) is 0 Å². The SMILES string of the molecule is Fc1cc(Br)cc(COc2ccc(F)nc2)c1. The van der Waals surface area contributed by atoms with Crippen LogP contribution in [0, 0.1) is 11.8 Å². The molecule has 0 aliphatic rings. The van der Waals surface area contributed by atoms with Crippen molar-refractivity contribution in [1.82, 2.24) is 4.98 Å². The van der Waals surface area contributed by atoms with Crippen LogP contribution in [0.4, 0.5) is 8.78 Å². The largest absolute Gasteiger partial charge is 0.487 e. The molecule has 1 aromatic heterocycles. The van der Waals surface area contributed by atoms with Gasteiger partial charge in [-0.05, 0) is 35.9 Å². The normalized spacial score (nSPS) is 10.3. The first-order chi connectivity index (χ1) is 8.13. The lowest BCUT2D eigenvalue weighted by Gasteiger charge is -2.06. The number of pyridine rings is 1. The van der Waals surface area contributed by atoms with Crippen LogP contribution >= 0.6 is 15.9 Å². The van der Waals surface area contributed by atoms with Crippen LogP contribution in [-0.4, -0.2) is 4.98 Å². The lowest BCUT2D eigenvalue weighted by Crippen LogP contribution is -1.97. The van der Waals surface area contributed by atoms with Gasteiger partial charge in [0.05, 0.1) is 6.20 Å². The molecule has 0 aliphatic carbocycles. The minimum absolute atomic E-state index is 0.198. The fourth-order valence-electron chi connectivity index (χ4n) is 1.31. The quantitative estimate of drug-likeness (QED) is 0.806. The van der Waals surface area contributed by atoms with Crippen molar-refractivity contribution in [2.45, 2.75) is 6.61 Å². The predicted molar refractivity (Wildman–Crippen MR) is 62.6 cm³/mol. The monoisotopic (exact) mass is 299 g/mol. The highest BCUT2D eigenvalue weighted by Gasteiger charge is 2.01. The first-order valence-electron chi connectivity index (χ1n) is 4.83. The summed E-state index contributed by atoms with van der Waals surface area (Å²) in [5.74, 6) is -0.465. The number of aromatic nitrogens is 1. The van der Waals surface area contributed by atoms with E-state index in [9.17, 15) is 8.78 Å².